The third kappa shape index (κ3) is 3.67. The van der Waals surface area contributed by atoms with E-state index in [2.05, 4.69) is 67.7 Å². The van der Waals surface area contributed by atoms with Crippen LogP contribution in [-0.2, 0) is 13.0 Å². The van der Waals surface area contributed by atoms with Gasteiger partial charge in [-0.25, -0.2) is 0 Å². The van der Waals surface area contributed by atoms with E-state index in [4.69, 9.17) is 10.2 Å². The summed E-state index contributed by atoms with van der Waals surface area (Å²) >= 11 is 0. The van der Waals surface area contributed by atoms with Gasteiger partial charge in [-0.15, -0.1) is 0 Å². The third-order valence-corrected chi connectivity index (χ3v) is 7.07. The number of rotatable bonds is 5. The summed E-state index contributed by atoms with van der Waals surface area (Å²) < 4.78 is 0. The van der Waals surface area contributed by atoms with Crippen LogP contribution in [0.15, 0.2) is 48.5 Å². The summed E-state index contributed by atoms with van der Waals surface area (Å²) in [5.74, 6) is 0.638. The molecule has 3 heteroatoms. The van der Waals surface area contributed by atoms with Crippen molar-refractivity contribution in [3.8, 4) is 11.3 Å². The minimum Gasteiger partial charge on any atom is -0.304 e. The lowest BCUT2D eigenvalue weighted by atomic mass is 9.79. The number of aryl methyl sites for hydroxylation is 3. The average molecular weight is 398 g/mol. The number of fused-ring (bicyclic) bond motifs is 1. The maximum atomic E-state index is 4.77. The van der Waals surface area contributed by atoms with Gasteiger partial charge < -0.3 is 5.32 Å². The summed E-state index contributed by atoms with van der Waals surface area (Å²) in [7, 11) is 0. The molecule has 0 aliphatic heterocycles. The Hall–Kier alpha value is -2.52. The summed E-state index contributed by atoms with van der Waals surface area (Å²) in [5.41, 5.74) is 10.3. The standard InChI is InChI=1S/C27H31N3/c1-18-8-5-9-19(2)27(18)25-16-23(21-11-6-12-21)26(30-29-25)17-28-24-15-7-13-20-10-3-4-14-22(20)24/h3-5,8-10,14,16,21,24,28H,6-7,11-13,15,17H2,1-2H3. The molecule has 5 rings (SSSR count). The van der Waals surface area contributed by atoms with E-state index in [0.29, 0.717) is 12.0 Å². The lowest BCUT2D eigenvalue weighted by Crippen LogP contribution is -2.26. The van der Waals surface area contributed by atoms with Crippen molar-refractivity contribution in [2.24, 2.45) is 0 Å². The normalized spacial score (nSPS) is 18.7. The number of aromatic nitrogens is 2. The fourth-order valence-electron chi connectivity index (χ4n) is 5.17. The van der Waals surface area contributed by atoms with E-state index in [-0.39, 0.29) is 0 Å². The van der Waals surface area contributed by atoms with Gasteiger partial charge in [-0.3, -0.25) is 0 Å². The number of hydrogen-bond donors (Lipinski definition) is 1. The van der Waals surface area contributed by atoms with Crippen LogP contribution in [0.3, 0.4) is 0 Å². The number of hydrogen-bond acceptors (Lipinski definition) is 3. The molecule has 3 nitrogen and oxygen atoms in total. The Morgan fingerprint density at radius 2 is 1.67 bits per heavy atom. The fraction of sp³-hybridized carbons (Fsp3) is 0.407. The SMILES string of the molecule is Cc1cccc(C)c1-c1cc(C2CCC2)c(CNC2CCCc3ccccc32)nn1. The molecular formula is C27H31N3. The van der Waals surface area contributed by atoms with Gasteiger partial charge in [-0.2, -0.15) is 10.2 Å². The first-order chi connectivity index (χ1) is 14.7. The summed E-state index contributed by atoms with van der Waals surface area (Å²) in [6.07, 6.45) is 7.53. The predicted molar refractivity (Wildman–Crippen MR) is 122 cm³/mol. The minimum absolute atomic E-state index is 0.421. The average Bonchev–Trinajstić information content (AvgIpc) is 2.72. The number of nitrogens with zero attached hydrogens (tertiary/aromatic N) is 2. The van der Waals surface area contributed by atoms with Gasteiger partial charge in [0.15, 0.2) is 0 Å². The molecule has 0 saturated heterocycles. The van der Waals surface area contributed by atoms with Crippen LogP contribution in [0.4, 0.5) is 0 Å². The molecule has 2 aliphatic carbocycles. The molecule has 1 fully saturated rings. The highest BCUT2D eigenvalue weighted by atomic mass is 15.1. The first-order valence-electron chi connectivity index (χ1n) is 11.4. The molecule has 2 aromatic carbocycles. The molecule has 30 heavy (non-hydrogen) atoms. The zero-order valence-corrected chi connectivity index (χ0v) is 18.1. The van der Waals surface area contributed by atoms with Crippen LogP contribution in [0.25, 0.3) is 11.3 Å². The van der Waals surface area contributed by atoms with Crippen LogP contribution in [-0.4, -0.2) is 10.2 Å². The zero-order chi connectivity index (χ0) is 20.5. The van der Waals surface area contributed by atoms with Crippen LogP contribution in [0, 0.1) is 13.8 Å². The number of benzene rings is 2. The molecule has 0 amide bonds. The van der Waals surface area contributed by atoms with E-state index in [1.165, 1.54) is 71.9 Å². The first-order valence-corrected chi connectivity index (χ1v) is 11.4. The fourth-order valence-corrected chi connectivity index (χ4v) is 5.17. The summed E-state index contributed by atoms with van der Waals surface area (Å²) in [5, 5.41) is 13.3. The van der Waals surface area contributed by atoms with Crippen molar-refractivity contribution in [2.45, 2.75) is 70.9 Å². The van der Waals surface area contributed by atoms with Crippen molar-refractivity contribution < 1.29 is 0 Å². The summed E-state index contributed by atoms with van der Waals surface area (Å²) in [6.45, 7) is 5.14. The van der Waals surface area contributed by atoms with E-state index in [1.807, 2.05) is 0 Å². The van der Waals surface area contributed by atoms with Gasteiger partial charge in [0.05, 0.1) is 11.4 Å². The van der Waals surface area contributed by atoms with E-state index in [9.17, 15) is 0 Å². The van der Waals surface area contributed by atoms with Crippen molar-refractivity contribution in [1.29, 1.82) is 0 Å². The minimum atomic E-state index is 0.421. The molecule has 0 radical (unpaired) electrons. The second-order valence-electron chi connectivity index (χ2n) is 9.05. The van der Waals surface area contributed by atoms with Crippen LogP contribution in [0.1, 0.15) is 77.6 Å². The van der Waals surface area contributed by atoms with E-state index in [0.717, 1.165) is 17.9 Å². The number of nitrogens with one attached hydrogen (secondary N) is 1. The van der Waals surface area contributed by atoms with Crippen LogP contribution >= 0.6 is 0 Å². The maximum absolute atomic E-state index is 4.77. The molecule has 1 atom stereocenters. The van der Waals surface area contributed by atoms with Crippen molar-refractivity contribution in [1.82, 2.24) is 15.5 Å². The van der Waals surface area contributed by atoms with Gasteiger partial charge in [0, 0.05) is 18.2 Å². The first kappa shape index (κ1) is 19.4. The highest BCUT2D eigenvalue weighted by Gasteiger charge is 2.26. The van der Waals surface area contributed by atoms with E-state index >= 15 is 0 Å². The van der Waals surface area contributed by atoms with Crippen LogP contribution in [0.2, 0.25) is 0 Å². The van der Waals surface area contributed by atoms with Gasteiger partial charge in [-0.1, -0.05) is 48.9 Å². The highest BCUT2D eigenvalue weighted by Crippen LogP contribution is 2.39. The van der Waals surface area contributed by atoms with Crippen LogP contribution < -0.4 is 5.32 Å². The molecule has 1 N–H and O–H groups in total. The van der Waals surface area contributed by atoms with Gasteiger partial charge in [0.1, 0.15) is 0 Å². The molecule has 0 spiro atoms. The Labute approximate surface area is 180 Å². The monoisotopic (exact) mass is 397 g/mol. The van der Waals surface area contributed by atoms with Crippen LogP contribution in [0.5, 0.6) is 0 Å². The molecule has 154 valence electrons. The lowest BCUT2D eigenvalue weighted by Gasteiger charge is -2.29. The third-order valence-electron chi connectivity index (χ3n) is 7.07. The molecule has 1 heterocycles. The Balaban J connectivity index is 1.43. The second-order valence-corrected chi connectivity index (χ2v) is 9.05. The van der Waals surface area contributed by atoms with Crippen molar-refractivity contribution in [2.75, 3.05) is 0 Å². The Morgan fingerprint density at radius 3 is 2.43 bits per heavy atom. The van der Waals surface area contributed by atoms with Gasteiger partial charge in [-0.05, 0) is 85.8 Å². The van der Waals surface area contributed by atoms with Gasteiger partial charge in [0.25, 0.3) is 0 Å². The van der Waals surface area contributed by atoms with Gasteiger partial charge in [0.2, 0.25) is 0 Å². The highest BCUT2D eigenvalue weighted by molar-refractivity contribution is 5.67. The quantitative estimate of drug-likeness (QED) is 0.557. The largest absolute Gasteiger partial charge is 0.304 e. The Morgan fingerprint density at radius 1 is 0.867 bits per heavy atom. The molecular weight excluding hydrogens is 366 g/mol. The van der Waals surface area contributed by atoms with Crippen molar-refractivity contribution in [3.05, 3.63) is 82.0 Å². The molecule has 1 aromatic heterocycles. The molecule has 0 bridgehead atoms. The second kappa shape index (κ2) is 8.31. The van der Waals surface area contributed by atoms with E-state index in [1.54, 1.807) is 0 Å². The van der Waals surface area contributed by atoms with Crippen molar-refractivity contribution >= 4 is 0 Å². The lowest BCUT2D eigenvalue weighted by molar-refractivity contribution is 0.408. The maximum Gasteiger partial charge on any atom is 0.0938 e. The summed E-state index contributed by atoms with van der Waals surface area (Å²) in [4.78, 5) is 0. The van der Waals surface area contributed by atoms with Crippen molar-refractivity contribution in [3.63, 3.8) is 0 Å². The van der Waals surface area contributed by atoms with Gasteiger partial charge >= 0.3 is 0 Å². The molecule has 3 aromatic rings. The smallest absolute Gasteiger partial charge is 0.0938 e. The predicted octanol–water partition coefficient (Wildman–Crippen LogP) is 6.20. The summed E-state index contributed by atoms with van der Waals surface area (Å²) in [6, 6.07) is 18.1. The van der Waals surface area contributed by atoms with E-state index < -0.39 is 0 Å². The Kier molecular flexibility index (Phi) is 5.39. The molecule has 1 saturated carbocycles. The molecule has 2 aliphatic rings. The topological polar surface area (TPSA) is 37.8 Å². The molecule has 1 unspecified atom stereocenters. The zero-order valence-electron chi connectivity index (χ0n) is 18.1. The Bertz CT molecular complexity index is 1030.